The van der Waals surface area contributed by atoms with Crippen LogP contribution in [0.25, 0.3) is 0 Å². The van der Waals surface area contributed by atoms with Crippen LogP contribution in [0.5, 0.6) is 0 Å². The van der Waals surface area contributed by atoms with Crippen molar-refractivity contribution in [2.45, 2.75) is 18.9 Å². The zero-order valence-corrected chi connectivity index (χ0v) is 11.9. The predicted octanol–water partition coefficient (Wildman–Crippen LogP) is 2.48. The molecule has 1 aromatic heterocycles. The van der Waals surface area contributed by atoms with Gasteiger partial charge in [-0.2, -0.15) is 0 Å². The number of aromatic nitrogens is 1. The smallest absolute Gasteiger partial charge is 0.251 e. The maximum atomic E-state index is 12.1. The Labute approximate surface area is 124 Å². The fraction of sp³-hybridized carbons (Fsp3) is 0.294. The van der Waals surface area contributed by atoms with Crippen molar-refractivity contribution in [3.8, 4) is 0 Å². The lowest BCUT2D eigenvalue weighted by Crippen LogP contribution is -2.44. The average Bonchev–Trinajstić information content (AvgIpc) is 2.57. The lowest BCUT2D eigenvalue weighted by molar-refractivity contribution is 0.0931. The molecule has 0 bridgehead atoms. The second-order valence-corrected chi connectivity index (χ2v) is 5.31. The third kappa shape index (κ3) is 3.40. The molecule has 1 N–H and O–H groups in total. The first-order valence-electron chi connectivity index (χ1n) is 7.34. The minimum absolute atomic E-state index is 0.00411. The Bertz CT molecular complexity index is 577. The number of para-hydroxylation sites is 1. The molecule has 2 heterocycles. The summed E-state index contributed by atoms with van der Waals surface area (Å²) in [5, 5.41) is 3.11. The molecule has 21 heavy (non-hydrogen) atoms. The van der Waals surface area contributed by atoms with Crippen molar-refractivity contribution in [3.05, 3.63) is 60.4 Å². The van der Waals surface area contributed by atoms with Gasteiger partial charge < -0.3 is 10.2 Å². The van der Waals surface area contributed by atoms with Gasteiger partial charge in [-0.25, -0.2) is 0 Å². The molecular weight excluding hydrogens is 262 g/mol. The topological polar surface area (TPSA) is 45.2 Å². The molecule has 1 aliphatic heterocycles. The van der Waals surface area contributed by atoms with E-state index in [0.717, 1.165) is 25.9 Å². The van der Waals surface area contributed by atoms with E-state index in [2.05, 4.69) is 39.5 Å². The molecule has 0 spiro atoms. The Morgan fingerprint density at radius 2 is 1.71 bits per heavy atom. The number of hydrogen-bond acceptors (Lipinski definition) is 3. The molecule has 4 nitrogen and oxygen atoms in total. The van der Waals surface area contributed by atoms with Crippen molar-refractivity contribution in [1.29, 1.82) is 0 Å². The van der Waals surface area contributed by atoms with Crippen LogP contribution in [0.3, 0.4) is 0 Å². The maximum Gasteiger partial charge on any atom is 0.251 e. The molecular formula is C17H19N3O. The van der Waals surface area contributed by atoms with E-state index < -0.39 is 0 Å². The number of carbonyl (C=O) groups excluding carboxylic acids is 1. The number of carbonyl (C=O) groups is 1. The summed E-state index contributed by atoms with van der Waals surface area (Å²) >= 11 is 0. The van der Waals surface area contributed by atoms with Crippen LogP contribution in [0.1, 0.15) is 23.2 Å². The number of nitrogens with one attached hydrogen (secondary N) is 1. The van der Waals surface area contributed by atoms with Gasteiger partial charge in [0.2, 0.25) is 0 Å². The molecule has 0 unspecified atom stereocenters. The summed E-state index contributed by atoms with van der Waals surface area (Å²) < 4.78 is 0. The van der Waals surface area contributed by atoms with Gasteiger partial charge in [-0.3, -0.25) is 9.78 Å². The van der Waals surface area contributed by atoms with Gasteiger partial charge in [0.1, 0.15) is 0 Å². The Morgan fingerprint density at radius 1 is 1.05 bits per heavy atom. The van der Waals surface area contributed by atoms with Crippen molar-refractivity contribution in [2.24, 2.45) is 0 Å². The van der Waals surface area contributed by atoms with Crippen molar-refractivity contribution in [1.82, 2.24) is 10.3 Å². The van der Waals surface area contributed by atoms with Gasteiger partial charge in [0.15, 0.2) is 0 Å². The van der Waals surface area contributed by atoms with Gasteiger partial charge in [-0.15, -0.1) is 0 Å². The monoisotopic (exact) mass is 281 g/mol. The number of benzene rings is 1. The van der Waals surface area contributed by atoms with E-state index in [1.54, 1.807) is 24.5 Å². The summed E-state index contributed by atoms with van der Waals surface area (Å²) in [6.45, 7) is 1.95. The first kappa shape index (κ1) is 13.6. The van der Waals surface area contributed by atoms with E-state index in [-0.39, 0.29) is 11.9 Å². The summed E-state index contributed by atoms with van der Waals surface area (Å²) in [6, 6.07) is 14.2. The fourth-order valence-electron chi connectivity index (χ4n) is 2.69. The number of pyridine rings is 1. The molecule has 3 rings (SSSR count). The number of rotatable bonds is 3. The van der Waals surface area contributed by atoms with Gasteiger partial charge in [0.05, 0.1) is 0 Å². The highest BCUT2D eigenvalue weighted by atomic mass is 16.1. The van der Waals surface area contributed by atoms with Gasteiger partial charge in [0.25, 0.3) is 5.91 Å². The molecule has 1 aliphatic rings. The van der Waals surface area contributed by atoms with Gasteiger partial charge in [-0.05, 0) is 37.1 Å². The number of nitrogens with zero attached hydrogens (tertiary/aromatic N) is 2. The van der Waals surface area contributed by atoms with Crippen LogP contribution in [0, 0.1) is 0 Å². The normalized spacial score (nSPS) is 15.7. The highest BCUT2D eigenvalue weighted by Gasteiger charge is 2.21. The van der Waals surface area contributed by atoms with Crippen molar-refractivity contribution >= 4 is 11.6 Å². The Morgan fingerprint density at radius 3 is 2.38 bits per heavy atom. The van der Waals surface area contributed by atoms with Crippen LogP contribution in [-0.2, 0) is 0 Å². The van der Waals surface area contributed by atoms with Crippen molar-refractivity contribution in [2.75, 3.05) is 18.0 Å². The zero-order valence-electron chi connectivity index (χ0n) is 11.9. The van der Waals surface area contributed by atoms with E-state index in [0.29, 0.717) is 5.56 Å². The van der Waals surface area contributed by atoms with Crippen LogP contribution in [0.2, 0.25) is 0 Å². The summed E-state index contributed by atoms with van der Waals surface area (Å²) in [7, 11) is 0. The minimum Gasteiger partial charge on any atom is -0.371 e. The SMILES string of the molecule is O=C(NC1CCN(c2ccccc2)CC1)c1ccncc1. The molecule has 0 radical (unpaired) electrons. The van der Waals surface area contributed by atoms with Crippen LogP contribution >= 0.6 is 0 Å². The van der Waals surface area contributed by atoms with Crippen molar-refractivity contribution < 1.29 is 4.79 Å². The highest BCUT2D eigenvalue weighted by Crippen LogP contribution is 2.19. The van der Waals surface area contributed by atoms with Crippen LogP contribution < -0.4 is 10.2 Å². The maximum absolute atomic E-state index is 12.1. The molecule has 0 aliphatic carbocycles. The van der Waals surface area contributed by atoms with Crippen molar-refractivity contribution in [3.63, 3.8) is 0 Å². The summed E-state index contributed by atoms with van der Waals surface area (Å²) in [6.07, 6.45) is 5.25. The lowest BCUT2D eigenvalue weighted by atomic mass is 10.0. The zero-order chi connectivity index (χ0) is 14.5. The molecule has 1 aromatic carbocycles. The third-order valence-electron chi connectivity index (χ3n) is 3.89. The summed E-state index contributed by atoms with van der Waals surface area (Å²) in [5.74, 6) is -0.00411. The number of hydrogen-bond donors (Lipinski definition) is 1. The van der Waals surface area contributed by atoms with E-state index in [1.807, 2.05) is 6.07 Å². The number of piperidine rings is 1. The summed E-state index contributed by atoms with van der Waals surface area (Å²) in [4.78, 5) is 18.4. The Balaban J connectivity index is 1.53. The first-order chi connectivity index (χ1) is 10.3. The summed E-state index contributed by atoms with van der Waals surface area (Å²) in [5.41, 5.74) is 1.94. The van der Waals surface area contributed by atoms with E-state index in [9.17, 15) is 4.79 Å². The van der Waals surface area contributed by atoms with E-state index in [1.165, 1.54) is 5.69 Å². The largest absolute Gasteiger partial charge is 0.371 e. The standard InChI is InChI=1S/C17H19N3O/c21-17(14-6-10-18-11-7-14)19-15-8-12-20(13-9-15)16-4-2-1-3-5-16/h1-7,10-11,15H,8-9,12-13H2,(H,19,21). The van der Waals surface area contributed by atoms with Gasteiger partial charge in [0, 0.05) is 42.8 Å². The van der Waals surface area contributed by atoms with Crippen LogP contribution in [0.4, 0.5) is 5.69 Å². The molecule has 1 fully saturated rings. The van der Waals surface area contributed by atoms with Gasteiger partial charge in [-0.1, -0.05) is 18.2 Å². The second kappa shape index (κ2) is 6.39. The Hall–Kier alpha value is -2.36. The molecule has 2 aromatic rings. The quantitative estimate of drug-likeness (QED) is 0.940. The Kier molecular flexibility index (Phi) is 4.15. The lowest BCUT2D eigenvalue weighted by Gasteiger charge is -2.34. The van der Waals surface area contributed by atoms with E-state index in [4.69, 9.17) is 0 Å². The minimum atomic E-state index is -0.00411. The molecule has 1 amide bonds. The van der Waals surface area contributed by atoms with Crippen LogP contribution in [-0.4, -0.2) is 30.0 Å². The molecule has 108 valence electrons. The fourth-order valence-corrected chi connectivity index (χ4v) is 2.69. The average molecular weight is 281 g/mol. The number of anilines is 1. The molecule has 4 heteroatoms. The number of amides is 1. The van der Waals surface area contributed by atoms with Gasteiger partial charge >= 0.3 is 0 Å². The molecule has 0 atom stereocenters. The highest BCUT2D eigenvalue weighted by molar-refractivity contribution is 5.94. The molecule has 0 saturated carbocycles. The third-order valence-corrected chi connectivity index (χ3v) is 3.89. The predicted molar refractivity (Wildman–Crippen MR) is 83.4 cm³/mol. The molecule has 1 saturated heterocycles. The van der Waals surface area contributed by atoms with Crippen LogP contribution in [0.15, 0.2) is 54.9 Å². The first-order valence-corrected chi connectivity index (χ1v) is 7.34. The second-order valence-electron chi connectivity index (χ2n) is 5.31. The van der Waals surface area contributed by atoms with E-state index >= 15 is 0 Å².